The number of benzene rings is 1. The average molecular weight is 438 g/mol. The molecule has 0 saturated carbocycles. The molecule has 0 radical (unpaired) electrons. The summed E-state index contributed by atoms with van der Waals surface area (Å²) >= 11 is 17.9. The molecule has 0 unspecified atom stereocenters. The lowest BCUT2D eigenvalue weighted by atomic mass is 10.2. The number of hydrogen-bond donors (Lipinski definition) is 0. The zero-order chi connectivity index (χ0) is 19.7. The van der Waals surface area contributed by atoms with Gasteiger partial charge in [0, 0.05) is 38.1 Å². The van der Waals surface area contributed by atoms with Crippen molar-refractivity contribution in [2.24, 2.45) is 0 Å². The van der Waals surface area contributed by atoms with Gasteiger partial charge in [-0.15, -0.1) is 5.10 Å². The molecule has 1 aliphatic rings. The van der Waals surface area contributed by atoms with Gasteiger partial charge in [-0.1, -0.05) is 23.2 Å². The van der Waals surface area contributed by atoms with Crippen molar-refractivity contribution in [1.82, 2.24) is 19.1 Å². The standard InChI is InChI=1S/C19H21Cl2N5OS/c1-27-16-5-3-15(4-6-16)24-8-2-7-23(9-10-24)13-26-19(28)25-12-14(20)11-17(21)18(25)22-26/h3-6,11-12H,2,7-10,13H2,1H3. The van der Waals surface area contributed by atoms with Crippen LogP contribution >= 0.6 is 35.4 Å². The smallest absolute Gasteiger partial charge is 0.203 e. The highest BCUT2D eigenvalue weighted by molar-refractivity contribution is 7.71. The molecule has 0 spiro atoms. The van der Waals surface area contributed by atoms with Crippen molar-refractivity contribution in [3.05, 3.63) is 51.3 Å². The maximum absolute atomic E-state index is 6.27. The number of rotatable bonds is 4. The second-order valence-electron chi connectivity index (χ2n) is 6.78. The quantitative estimate of drug-likeness (QED) is 0.567. The third kappa shape index (κ3) is 3.98. The Labute approximate surface area is 178 Å². The Balaban J connectivity index is 1.48. The molecule has 28 heavy (non-hydrogen) atoms. The fraction of sp³-hybridized carbons (Fsp3) is 0.368. The highest BCUT2D eigenvalue weighted by atomic mass is 35.5. The molecule has 148 valence electrons. The second-order valence-corrected chi connectivity index (χ2v) is 7.99. The van der Waals surface area contributed by atoms with Crippen molar-refractivity contribution >= 4 is 46.8 Å². The van der Waals surface area contributed by atoms with E-state index < -0.39 is 0 Å². The number of ether oxygens (including phenoxy) is 1. The summed E-state index contributed by atoms with van der Waals surface area (Å²) in [5.74, 6) is 0.875. The van der Waals surface area contributed by atoms with E-state index in [9.17, 15) is 0 Å². The van der Waals surface area contributed by atoms with Crippen LogP contribution in [0.25, 0.3) is 5.65 Å². The van der Waals surface area contributed by atoms with Crippen LogP contribution in [0, 0.1) is 4.77 Å². The Bertz CT molecular complexity index is 1030. The molecule has 2 aromatic heterocycles. The Kier molecular flexibility index (Phi) is 5.78. The highest BCUT2D eigenvalue weighted by Crippen LogP contribution is 2.23. The molecule has 3 aromatic rings. The van der Waals surface area contributed by atoms with Gasteiger partial charge in [-0.25, -0.2) is 4.68 Å². The summed E-state index contributed by atoms with van der Waals surface area (Å²) in [6, 6.07) is 9.91. The van der Waals surface area contributed by atoms with Crippen LogP contribution < -0.4 is 9.64 Å². The predicted octanol–water partition coefficient (Wildman–Crippen LogP) is 4.35. The van der Waals surface area contributed by atoms with Crippen LogP contribution in [0.3, 0.4) is 0 Å². The molecule has 1 aromatic carbocycles. The molecule has 1 fully saturated rings. The van der Waals surface area contributed by atoms with E-state index in [2.05, 4.69) is 27.0 Å². The summed E-state index contributed by atoms with van der Waals surface area (Å²) in [5.41, 5.74) is 1.85. The minimum absolute atomic E-state index is 0.499. The Morgan fingerprint density at radius 1 is 1.11 bits per heavy atom. The van der Waals surface area contributed by atoms with Gasteiger partial charge in [-0.2, -0.15) is 0 Å². The zero-order valence-corrected chi connectivity index (χ0v) is 17.8. The number of nitrogens with zero attached hydrogens (tertiary/aromatic N) is 5. The van der Waals surface area contributed by atoms with Crippen LogP contribution in [0.1, 0.15) is 6.42 Å². The maximum atomic E-state index is 6.27. The van der Waals surface area contributed by atoms with Gasteiger partial charge >= 0.3 is 0 Å². The first kappa shape index (κ1) is 19.5. The van der Waals surface area contributed by atoms with Crippen molar-refractivity contribution in [3.8, 4) is 5.75 Å². The molecule has 0 amide bonds. The molecular formula is C19H21Cl2N5OS. The number of hydrogen-bond acceptors (Lipinski definition) is 5. The van der Waals surface area contributed by atoms with Crippen molar-refractivity contribution in [1.29, 1.82) is 0 Å². The first-order chi connectivity index (χ1) is 13.5. The topological polar surface area (TPSA) is 37.9 Å². The summed E-state index contributed by atoms with van der Waals surface area (Å²) in [6.07, 6.45) is 2.82. The van der Waals surface area contributed by atoms with E-state index in [1.807, 2.05) is 16.8 Å². The first-order valence-corrected chi connectivity index (χ1v) is 10.3. The third-order valence-corrected chi connectivity index (χ3v) is 5.85. The largest absolute Gasteiger partial charge is 0.497 e. The number of anilines is 1. The fourth-order valence-corrected chi connectivity index (χ4v) is 4.24. The zero-order valence-electron chi connectivity index (χ0n) is 15.5. The summed E-state index contributed by atoms with van der Waals surface area (Å²) in [6.45, 7) is 4.50. The Morgan fingerprint density at radius 3 is 2.64 bits per heavy atom. The van der Waals surface area contributed by atoms with Crippen LogP contribution in [0.4, 0.5) is 5.69 Å². The minimum atomic E-state index is 0.499. The predicted molar refractivity (Wildman–Crippen MR) is 115 cm³/mol. The summed E-state index contributed by atoms with van der Waals surface area (Å²) in [4.78, 5) is 4.76. The van der Waals surface area contributed by atoms with Gasteiger partial charge in [-0.3, -0.25) is 9.30 Å². The molecular weight excluding hydrogens is 417 g/mol. The van der Waals surface area contributed by atoms with Gasteiger partial charge < -0.3 is 9.64 Å². The number of fused-ring (bicyclic) bond motifs is 1. The monoisotopic (exact) mass is 437 g/mol. The first-order valence-electron chi connectivity index (χ1n) is 9.11. The van der Waals surface area contributed by atoms with Crippen LogP contribution in [0.5, 0.6) is 5.75 Å². The minimum Gasteiger partial charge on any atom is -0.497 e. The van der Waals surface area contributed by atoms with Crippen LogP contribution in [0.15, 0.2) is 36.5 Å². The van der Waals surface area contributed by atoms with Crippen LogP contribution in [-0.2, 0) is 6.67 Å². The number of aromatic nitrogens is 3. The molecule has 1 saturated heterocycles. The SMILES string of the molecule is COc1ccc(N2CCCN(Cn3nc4c(Cl)cc(Cl)cn4c3=S)CC2)cc1. The van der Waals surface area contributed by atoms with E-state index in [0.717, 1.165) is 38.3 Å². The van der Waals surface area contributed by atoms with Crippen molar-refractivity contribution < 1.29 is 4.74 Å². The number of methoxy groups -OCH3 is 1. The van der Waals surface area contributed by atoms with E-state index >= 15 is 0 Å². The number of halogens is 2. The van der Waals surface area contributed by atoms with E-state index in [4.69, 9.17) is 40.2 Å². The molecule has 0 aliphatic carbocycles. The van der Waals surface area contributed by atoms with Gasteiger partial charge in [0.25, 0.3) is 0 Å². The summed E-state index contributed by atoms with van der Waals surface area (Å²) < 4.78 is 9.42. The normalized spacial score (nSPS) is 15.8. The molecule has 0 bridgehead atoms. The summed E-state index contributed by atoms with van der Waals surface area (Å²) in [5, 5.41) is 5.63. The van der Waals surface area contributed by atoms with Crippen LogP contribution in [0.2, 0.25) is 10.0 Å². The van der Waals surface area contributed by atoms with Crippen molar-refractivity contribution in [3.63, 3.8) is 0 Å². The lowest BCUT2D eigenvalue weighted by Crippen LogP contribution is -2.32. The van der Waals surface area contributed by atoms with Gasteiger partial charge in [0.05, 0.1) is 23.8 Å². The van der Waals surface area contributed by atoms with Gasteiger partial charge in [0.1, 0.15) is 5.75 Å². The van der Waals surface area contributed by atoms with E-state index in [1.165, 1.54) is 5.69 Å². The van der Waals surface area contributed by atoms with Gasteiger partial charge in [0.2, 0.25) is 4.77 Å². The lowest BCUT2D eigenvalue weighted by Gasteiger charge is -2.23. The molecule has 3 heterocycles. The maximum Gasteiger partial charge on any atom is 0.203 e. The number of pyridine rings is 1. The van der Waals surface area contributed by atoms with E-state index in [-0.39, 0.29) is 0 Å². The molecule has 0 atom stereocenters. The van der Waals surface area contributed by atoms with E-state index in [0.29, 0.717) is 27.1 Å². The van der Waals surface area contributed by atoms with Crippen molar-refractivity contribution in [2.75, 3.05) is 38.2 Å². The molecule has 0 N–H and O–H groups in total. The fourth-order valence-electron chi connectivity index (χ4n) is 3.49. The van der Waals surface area contributed by atoms with E-state index in [1.54, 1.807) is 23.8 Å². The third-order valence-electron chi connectivity index (χ3n) is 4.96. The van der Waals surface area contributed by atoms with Gasteiger partial charge in [0.15, 0.2) is 5.65 Å². The van der Waals surface area contributed by atoms with Gasteiger partial charge in [-0.05, 0) is 49.0 Å². The Morgan fingerprint density at radius 2 is 1.89 bits per heavy atom. The molecule has 9 heteroatoms. The second kappa shape index (κ2) is 8.29. The molecule has 1 aliphatic heterocycles. The lowest BCUT2D eigenvalue weighted by molar-refractivity contribution is 0.220. The van der Waals surface area contributed by atoms with Crippen LogP contribution in [-0.4, -0.2) is 52.4 Å². The molecule has 6 nitrogen and oxygen atoms in total. The Hall–Kier alpha value is -1.80. The average Bonchev–Trinajstić information content (AvgIpc) is 2.86. The highest BCUT2D eigenvalue weighted by Gasteiger charge is 2.17. The van der Waals surface area contributed by atoms with Crippen molar-refractivity contribution in [2.45, 2.75) is 13.1 Å². The summed E-state index contributed by atoms with van der Waals surface area (Å²) in [7, 11) is 1.68. The molecule has 4 rings (SSSR count).